The van der Waals surface area contributed by atoms with Crippen LogP contribution in [0.2, 0.25) is 0 Å². The fraction of sp³-hybridized carbons (Fsp3) is 0.318. The number of benzene rings is 2. The van der Waals surface area contributed by atoms with E-state index < -0.39 is 17.6 Å². The SMILES string of the molecule is CCc1ccc(C(=O)NNC(=O)C2CCCN(C(=O)c3ccc(F)cc3)C2)cc1. The Labute approximate surface area is 169 Å². The summed E-state index contributed by atoms with van der Waals surface area (Å²) in [5.41, 5.74) is 6.86. The Morgan fingerprint density at radius 3 is 2.31 bits per heavy atom. The van der Waals surface area contributed by atoms with E-state index in [0.29, 0.717) is 30.5 Å². The van der Waals surface area contributed by atoms with E-state index in [0.717, 1.165) is 12.0 Å². The van der Waals surface area contributed by atoms with E-state index in [2.05, 4.69) is 10.9 Å². The van der Waals surface area contributed by atoms with Gasteiger partial charge in [0.2, 0.25) is 5.91 Å². The zero-order valence-corrected chi connectivity index (χ0v) is 16.3. The lowest BCUT2D eigenvalue weighted by Crippen LogP contribution is -2.50. The summed E-state index contributed by atoms with van der Waals surface area (Å²) in [5.74, 6) is -1.79. The number of nitrogens with one attached hydrogen (secondary N) is 2. The van der Waals surface area contributed by atoms with Gasteiger partial charge in [0.05, 0.1) is 5.92 Å². The molecular formula is C22H24FN3O3. The number of aryl methyl sites for hydroxylation is 1. The molecule has 0 radical (unpaired) electrons. The van der Waals surface area contributed by atoms with Gasteiger partial charge in [-0.25, -0.2) is 4.39 Å². The Bertz CT molecular complexity index is 881. The van der Waals surface area contributed by atoms with E-state index in [9.17, 15) is 18.8 Å². The Morgan fingerprint density at radius 1 is 1.00 bits per heavy atom. The van der Waals surface area contributed by atoms with E-state index >= 15 is 0 Å². The highest BCUT2D eigenvalue weighted by Gasteiger charge is 2.29. The minimum atomic E-state index is -0.420. The van der Waals surface area contributed by atoms with Gasteiger partial charge in [0.25, 0.3) is 11.8 Å². The summed E-state index contributed by atoms with van der Waals surface area (Å²) in [6.45, 7) is 2.82. The topological polar surface area (TPSA) is 78.5 Å². The van der Waals surface area contributed by atoms with Gasteiger partial charge in [-0.15, -0.1) is 0 Å². The molecule has 29 heavy (non-hydrogen) atoms. The Kier molecular flexibility index (Phi) is 6.59. The summed E-state index contributed by atoms with van der Waals surface area (Å²) in [6.07, 6.45) is 2.19. The zero-order chi connectivity index (χ0) is 20.8. The van der Waals surface area contributed by atoms with Gasteiger partial charge >= 0.3 is 0 Å². The largest absolute Gasteiger partial charge is 0.338 e. The molecule has 2 aromatic rings. The van der Waals surface area contributed by atoms with E-state index in [1.165, 1.54) is 24.3 Å². The molecule has 0 spiro atoms. The molecular weight excluding hydrogens is 373 g/mol. The number of piperidine rings is 1. The van der Waals surface area contributed by atoms with Crippen LogP contribution in [0.5, 0.6) is 0 Å². The summed E-state index contributed by atoms with van der Waals surface area (Å²) in [4.78, 5) is 38.8. The number of hydrogen-bond acceptors (Lipinski definition) is 3. The normalized spacial score (nSPS) is 16.2. The Balaban J connectivity index is 1.54. The summed E-state index contributed by atoms with van der Waals surface area (Å²) in [6, 6.07) is 12.5. The van der Waals surface area contributed by atoms with Gasteiger partial charge in [0.1, 0.15) is 5.82 Å². The maximum absolute atomic E-state index is 13.1. The van der Waals surface area contributed by atoms with Crippen LogP contribution in [0, 0.1) is 11.7 Å². The van der Waals surface area contributed by atoms with E-state index in [-0.39, 0.29) is 18.4 Å². The van der Waals surface area contributed by atoms with Crippen molar-refractivity contribution in [2.24, 2.45) is 5.92 Å². The second-order valence-corrected chi connectivity index (χ2v) is 7.09. The third kappa shape index (κ3) is 5.19. The van der Waals surface area contributed by atoms with Crippen LogP contribution in [0.1, 0.15) is 46.0 Å². The van der Waals surface area contributed by atoms with Crippen molar-refractivity contribution in [3.8, 4) is 0 Å². The molecule has 3 rings (SSSR count). The summed E-state index contributed by atoms with van der Waals surface area (Å²) in [5, 5.41) is 0. The van der Waals surface area contributed by atoms with Crippen molar-refractivity contribution in [3.63, 3.8) is 0 Å². The molecule has 0 aromatic heterocycles. The lowest BCUT2D eigenvalue weighted by atomic mass is 9.96. The van der Waals surface area contributed by atoms with Crippen LogP contribution < -0.4 is 10.9 Å². The predicted octanol–water partition coefficient (Wildman–Crippen LogP) is 2.70. The lowest BCUT2D eigenvalue weighted by molar-refractivity contribution is -0.127. The van der Waals surface area contributed by atoms with Gasteiger partial charge in [-0.1, -0.05) is 19.1 Å². The number of halogens is 1. The predicted molar refractivity (Wildman–Crippen MR) is 106 cm³/mol. The lowest BCUT2D eigenvalue weighted by Gasteiger charge is -2.32. The van der Waals surface area contributed by atoms with Crippen molar-refractivity contribution >= 4 is 17.7 Å². The molecule has 3 amide bonds. The molecule has 1 unspecified atom stereocenters. The average Bonchev–Trinajstić information content (AvgIpc) is 2.77. The molecule has 1 atom stereocenters. The van der Waals surface area contributed by atoms with E-state index in [4.69, 9.17) is 0 Å². The van der Waals surface area contributed by atoms with E-state index in [1.807, 2.05) is 19.1 Å². The van der Waals surface area contributed by atoms with Gasteiger partial charge in [-0.2, -0.15) is 0 Å². The molecule has 7 heteroatoms. The van der Waals surface area contributed by atoms with Gasteiger partial charge in [0.15, 0.2) is 0 Å². The van der Waals surface area contributed by atoms with Crippen molar-refractivity contribution in [1.82, 2.24) is 15.8 Å². The third-order valence-electron chi connectivity index (χ3n) is 5.09. The third-order valence-corrected chi connectivity index (χ3v) is 5.09. The maximum atomic E-state index is 13.1. The Hall–Kier alpha value is -3.22. The van der Waals surface area contributed by atoms with E-state index in [1.54, 1.807) is 17.0 Å². The number of rotatable bonds is 4. The van der Waals surface area contributed by atoms with Gasteiger partial charge in [-0.3, -0.25) is 25.2 Å². The first kappa shape index (κ1) is 20.5. The quantitative estimate of drug-likeness (QED) is 0.779. The molecule has 1 saturated heterocycles. The number of amides is 3. The van der Waals surface area contributed by atoms with Crippen molar-refractivity contribution in [1.29, 1.82) is 0 Å². The van der Waals surface area contributed by atoms with Crippen molar-refractivity contribution < 1.29 is 18.8 Å². The molecule has 1 aliphatic heterocycles. The van der Waals surface area contributed by atoms with Gasteiger partial charge in [0, 0.05) is 24.2 Å². The van der Waals surface area contributed by atoms with Crippen LogP contribution in [-0.4, -0.2) is 35.7 Å². The van der Waals surface area contributed by atoms with Crippen molar-refractivity contribution in [2.45, 2.75) is 26.2 Å². The molecule has 1 fully saturated rings. The number of hydrazine groups is 1. The molecule has 2 N–H and O–H groups in total. The van der Waals surface area contributed by atoms with Crippen LogP contribution in [0.25, 0.3) is 0 Å². The molecule has 0 aliphatic carbocycles. The molecule has 1 heterocycles. The molecule has 1 aliphatic rings. The second-order valence-electron chi connectivity index (χ2n) is 7.09. The highest BCUT2D eigenvalue weighted by atomic mass is 19.1. The van der Waals surface area contributed by atoms with Crippen LogP contribution in [-0.2, 0) is 11.2 Å². The highest BCUT2D eigenvalue weighted by molar-refractivity contribution is 5.96. The van der Waals surface area contributed by atoms with Gasteiger partial charge < -0.3 is 4.90 Å². The monoisotopic (exact) mass is 397 g/mol. The number of likely N-dealkylation sites (tertiary alicyclic amines) is 1. The first-order valence-electron chi connectivity index (χ1n) is 9.72. The minimum absolute atomic E-state index is 0.234. The highest BCUT2D eigenvalue weighted by Crippen LogP contribution is 2.19. The zero-order valence-electron chi connectivity index (χ0n) is 16.3. The number of nitrogens with zero attached hydrogens (tertiary/aromatic N) is 1. The van der Waals surface area contributed by atoms with Crippen LogP contribution in [0.3, 0.4) is 0 Å². The van der Waals surface area contributed by atoms with Crippen molar-refractivity contribution in [3.05, 3.63) is 71.0 Å². The summed E-state index contributed by atoms with van der Waals surface area (Å²) in [7, 11) is 0. The van der Waals surface area contributed by atoms with Gasteiger partial charge in [-0.05, 0) is 61.2 Å². The molecule has 2 aromatic carbocycles. The smallest absolute Gasteiger partial charge is 0.269 e. The molecule has 6 nitrogen and oxygen atoms in total. The second kappa shape index (κ2) is 9.32. The number of hydrogen-bond donors (Lipinski definition) is 2. The first-order valence-corrected chi connectivity index (χ1v) is 9.72. The summed E-state index contributed by atoms with van der Waals surface area (Å²) < 4.78 is 13.1. The van der Waals surface area contributed by atoms with Crippen molar-refractivity contribution in [2.75, 3.05) is 13.1 Å². The molecule has 0 saturated carbocycles. The Morgan fingerprint density at radius 2 is 1.66 bits per heavy atom. The van der Waals surface area contributed by atoms with Crippen LogP contribution in [0.15, 0.2) is 48.5 Å². The first-order chi connectivity index (χ1) is 14.0. The number of carbonyl (C=O) groups is 3. The summed E-state index contributed by atoms with van der Waals surface area (Å²) >= 11 is 0. The fourth-order valence-corrected chi connectivity index (χ4v) is 3.34. The van der Waals surface area contributed by atoms with Crippen LogP contribution >= 0.6 is 0 Å². The standard InChI is InChI=1S/C22H24FN3O3/c1-2-15-5-7-16(8-6-15)20(27)24-25-21(28)18-4-3-13-26(14-18)22(29)17-9-11-19(23)12-10-17/h5-12,18H,2-4,13-14H2,1H3,(H,24,27)(H,25,28). The minimum Gasteiger partial charge on any atom is -0.338 e. The fourth-order valence-electron chi connectivity index (χ4n) is 3.34. The van der Waals surface area contributed by atoms with Crippen LogP contribution in [0.4, 0.5) is 4.39 Å². The molecule has 0 bridgehead atoms. The maximum Gasteiger partial charge on any atom is 0.269 e. The molecule has 152 valence electrons. The number of carbonyl (C=O) groups excluding carboxylic acids is 3. The average molecular weight is 397 g/mol.